The second-order valence-corrected chi connectivity index (χ2v) is 5.46. The molecule has 0 saturated carbocycles. The molecule has 0 atom stereocenters. The van der Waals surface area contributed by atoms with Crippen molar-refractivity contribution in [1.82, 2.24) is 4.98 Å². The molecule has 0 fully saturated rings. The van der Waals surface area contributed by atoms with Gasteiger partial charge in [0, 0.05) is 10.7 Å². The average molecular weight is 304 g/mol. The van der Waals surface area contributed by atoms with Crippen LogP contribution in [0.25, 0.3) is 0 Å². The third-order valence-electron chi connectivity index (χ3n) is 3.51. The highest BCUT2D eigenvalue weighted by Crippen LogP contribution is 2.30. The molecule has 1 aromatic heterocycles. The first-order chi connectivity index (χ1) is 10.1. The van der Waals surface area contributed by atoms with Gasteiger partial charge in [-0.15, -0.1) is 0 Å². The van der Waals surface area contributed by atoms with Gasteiger partial charge in [0.05, 0.1) is 0 Å². The number of fused-ring (bicyclic) bond motifs is 1. The Labute approximate surface area is 127 Å². The van der Waals surface area contributed by atoms with Gasteiger partial charge in [-0.05, 0) is 55.5 Å². The number of benzene rings is 1. The zero-order valence-corrected chi connectivity index (χ0v) is 12.1. The largest absolute Gasteiger partial charge is 0.477 e. The number of carbonyl (C=O) groups is 1. The lowest BCUT2D eigenvalue weighted by atomic mass is 9.95. The van der Waals surface area contributed by atoms with Crippen molar-refractivity contribution in [2.24, 2.45) is 0 Å². The maximum atomic E-state index is 11.4. The Morgan fingerprint density at radius 2 is 2.05 bits per heavy atom. The number of halogens is 1. The van der Waals surface area contributed by atoms with Crippen LogP contribution in [0.3, 0.4) is 0 Å². The normalized spacial score (nSPS) is 13.6. The van der Waals surface area contributed by atoms with Crippen molar-refractivity contribution in [3.8, 4) is 11.6 Å². The van der Waals surface area contributed by atoms with E-state index in [1.807, 2.05) is 0 Å². The van der Waals surface area contributed by atoms with Crippen LogP contribution in [0.1, 0.15) is 34.5 Å². The molecule has 1 aliphatic rings. The zero-order chi connectivity index (χ0) is 14.8. The van der Waals surface area contributed by atoms with Gasteiger partial charge in [-0.2, -0.15) is 0 Å². The molecule has 4 nitrogen and oxygen atoms in total. The molecule has 0 saturated heterocycles. The molecule has 0 unspecified atom stereocenters. The summed E-state index contributed by atoms with van der Waals surface area (Å²) < 4.78 is 5.64. The molecule has 1 N–H and O–H groups in total. The van der Waals surface area contributed by atoms with Crippen LogP contribution in [0.15, 0.2) is 30.3 Å². The number of hydrogen-bond acceptors (Lipinski definition) is 3. The van der Waals surface area contributed by atoms with Gasteiger partial charge in [-0.25, -0.2) is 9.78 Å². The summed E-state index contributed by atoms with van der Waals surface area (Å²) in [6, 6.07) is 8.51. The summed E-state index contributed by atoms with van der Waals surface area (Å²) in [6.07, 6.45) is 3.88. The first-order valence-electron chi connectivity index (χ1n) is 6.83. The standard InChI is InChI=1S/C16H14ClNO3/c17-11-5-3-6-12(9-11)21-15-13(16(19)20)8-10-4-1-2-7-14(10)18-15/h3,5-6,8-9H,1-2,4,7H2,(H,19,20). The fourth-order valence-electron chi connectivity index (χ4n) is 2.49. The number of hydrogen-bond donors (Lipinski definition) is 1. The van der Waals surface area contributed by atoms with E-state index in [1.165, 1.54) is 0 Å². The number of carboxylic acid groups (broad SMARTS) is 1. The number of pyridine rings is 1. The van der Waals surface area contributed by atoms with Crippen LogP contribution in [-0.2, 0) is 12.8 Å². The van der Waals surface area contributed by atoms with Gasteiger partial charge in [0.2, 0.25) is 5.88 Å². The summed E-state index contributed by atoms with van der Waals surface area (Å²) in [5.74, 6) is -0.424. The molecule has 0 aliphatic heterocycles. The fourth-order valence-corrected chi connectivity index (χ4v) is 2.67. The number of carboxylic acids is 1. The number of nitrogens with zero attached hydrogens (tertiary/aromatic N) is 1. The zero-order valence-electron chi connectivity index (χ0n) is 11.3. The van der Waals surface area contributed by atoms with Gasteiger partial charge in [0.15, 0.2) is 0 Å². The second-order valence-electron chi connectivity index (χ2n) is 5.02. The average Bonchev–Trinajstić information content (AvgIpc) is 2.46. The number of aryl methyl sites for hydroxylation is 2. The van der Waals surface area contributed by atoms with E-state index in [4.69, 9.17) is 16.3 Å². The molecule has 0 amide bonds. The van der Waals surface area contributed by atoms with Gasteiger partial charge in [0.25, 0.3) is 0 Å². The highest BCUT2D eigenvalue weighted by Gasteiger charge is 2.20. The number of rotatable bonds is 3. The molecule has 1 aromatic carbocycles. The van der Waals surface area contributed by atoms with Gasteiger partial charge in [-0.1, -0.05) is 17.7 Å². The van der Waals surface area contributed by atoms with Gasteiger partial charge < -0.3 is 9.84 Å². The fraction of sp³-hybridized carbons (Fsp3) is 0.250. The van der Waals surface area contributed by atoms with Crippen LogP contribution in [0.5, 0.6) is 11.6 Å². The number of ether oxygens (including phenoxy) is 1. The van der Waals surface area contributed by atoms with Crippen molar-refractivity contribution >= 4 is 17.6 Å². The van der Waals surface area contributed by atoms with Crippen molar-refractivity contribution in [3.05, 3.63) is 52.2 Å². The van der Waals surface area contributed by atoms with E-state index >= 15 is 0 Å². The van der Waals surface area contributed by atoms with Crippen LogP contribution in [0, 0.1) is 0 Å². The quantitative estimate of drug-likeness (QED) is 0.927. The molecular formula is C16H14ClNO3. The second kappa shape index (κ2) is 5.74. The number of aromatic carboxylic acids is 1. The Kier molecular flexibility index (Phi) is 3.80. The molecule has 0 spiro atoms. The molecule has 3 rings (SSSR count). The monoisotopic (exact) mass is 303 g/mol. The minimum atomic E-state index is -1.03. The van der Waals surface area contributed by atoms with Crippen molar-refractivity contribution in [2.45, 2.75) is 25.7 Å². The van der Waals surface area contributed by atoms with Crippen molar-refractivity contribution in [3.63, 3.8) is 0 Å². The molecular weight excluding hydrogens is 290 g/mol. The molecule has 108 valence electrons. The number of aromatic nitrogens is 1. The summed E-state index contributed by atoms with van der Waals surface area (Å²) in [5, 5.41) is 9.88. The lowest BCUT2D eigenvalue weighted by Gasteiger charge is -2.17. The lowest BCUT2D eigenvalue weighted by Crippen LogP contribution is -2.11. The van der Waals surface area contributed by atoms with Crippen LogP contribution in [0.4, 0.5) is 0 Å². The van der Waals surface area contributed by atoms with Gasteiger partial charge in [0.1, 0.15) is 11.3 Å². The minimum absolute atomic E-state index is 0.0932. The van der Waals surface area contributed by atoms with E-state index in [0.717, 1.165) is 36.9 Å². The van der Waals surface area contributed by atoms with Crippen LogP contribution in [-0.4, -0.2) is 16.1 Å². The van der Waals surface area contributed by atoms with E-state index in [2.05, 4.69) is 4.98 Å². The highest BCUT2D eigenvalue weighted by molar-refractivity contribution is 6.30. The maximum absolute atomic E-state index is 11.4. The smallest absolute Gasteiger partial charge is 0.341 e. The first-order valence-corrected chi connectivity index (χ1v) is 7.21. The summed E-state index contributed by atoms with van der Waals surface area (Å²) in [7, 11) is 0. The molecule has 5 heteroatoms. The lowest BCUT2D eigenvalue weighted by molar-refractivity contribution is 0.0693. The Morgan fingerprint density at radius 1 is 1.24 bits per heavy atom. The predicted molar refractivity (Wildman–Crippen MR) is 79.4 cm³/mol. The molecule has 2 aromatic rings. The van der Waals surface area contributed by atoms with Crippen LogP contribution in [0.2, 0.25) is 5.02 Å². The van der Waals surface area contributed by atoms with E-state index in [0.29, 0.717) is 10.8 Å². The maximum Gasteiger partial charge on any atom is 0.341 e. The van der Waals surface area contributed by atoms with E-state index in [1.54, 1.807) is 30.3 Å². The molecule has 0 radical (unpaired) electrons. The predicted octanol–water partition coefficient (Wildman–Crippen LogP) is 4.10. The van der Waals surface area contributed by atoms with E-state index in [9.17, 15) is 9.90 Å². The topological polar surface area (TPSA) is 59.4 Å². The first kappa shape index (κ1) is 13.9. The molecule has 1 aliphatic carbocycles. The van der Waals surface area contributed by atoms with Crippen molar-refractivity contribution in [2.75, 3.05) is 0 Å². The summed E-state index contributed by atoms with van der Waals surface area (Å²) in [5.41, 5.74) is 2.04. The summed E-state index contributed by atoms with van der Waals surface area (Å²) >= 11 is 5.91. The minimum Gasteiger partial charge on any atom is -0.477 e. The summed E-state index contributed by atoms with van der Waals surface area (Å²) in [6.45, 7) is 0. The van der Waals surface area contributed by atoms with Crippen LogP contribution >= 0.6 is 11.6 Å². The molecule has 1 heterocycles. The molecule has 0 bridgehead atoms. The van der Waals surface area contributed by atoms with E-state index in [-0.39, 0.29) is 11.4 Å². The Bertz CT molecular complexity index is 700. The van der Waals surface area contributed by atoms with Crippen molar-refractivity contribution in [1.29, 1.82) is 0 Å². The Morgan fingerprint density at radius 3 is 2.81 bits per heavy atom. The summed E-state index contributed by atoms with van der Waals surface area (Å²) in [4.78, 5) is 15.8. The van der Waals surface area contributed by atoms with Gasteiger partial charge >= 0.3 is 5.97 Å². The van der Waals surface area contributed by atoms with Gasteiger partial charge in [-0.3, -0.25) is 0 Å². The van der Waals surface area contributed by atoms with Crippen molar-refractivity contribution < 1.29 is 14.6 Å². The molecule has 21 heavy (non-hydrogen) atoms. The van der Waals surface area contributed by atoms with Crippen LogP contribution < -0.4 is 4.74 Å². The Hall–Kier alpha value is -2.07. The SMILES string of the molecule is O=C(O)c1cc2c(nc1Oc1cccc(Cl)c1)CCCC2. The third kappa shape index (κ3) is 3.00. The Balaban J connectivity index is 2.01. The third-order valence-corrected chi connectivity index (χ3v) is 3.74. The van der Waals surface area contributed by atoms with E-state index < -0.39 is 5.97 Å². The highest BCUT2D eigenvalue weighted by atomic mass is 35.5.